The van der Waals surface area contributed by atoms with E-state index in [1.165, 1.54) is 6.08 Å². The number of allylic oxidation sites excluding steroid dienone is 2. The highest BCUT2D eigenvalue weighted by molar-refractivity contribution is 5.90. The molecular formula is C18H17NO. The summed E-state index contributed by atoms with van der Waals surface area (Å²) in [5, 5.41) is 2.84. The monoisotopic (exact) mass is 263 g/mol. The Balaban J connectivity index is 1.85. The smallest absolute Gasteiger partial charge is 0.244 e. The standard InChI is InChI=1S/C18H17NO/c1-15(17-10-6-3-7-11-17)12-13-18(20)19-14-16-8-4-2-5-9-16/h2-13H,1,14H2,(H,19,20)/b13-12+. The molecule has 0 bridgehead atoms. The van der Waals surface area contributed by atoms with Crippen molar-refractivity contribution >= 4 is 11.5 Å². The second-order valence-electron chi connectivity index (χ2n) is 4.43. The van der Waals surface area contributed by atoms with Crippen molar-refractivity contribution in [3.05, 3.63) is 90.5 Å². The fourth-order valence-electron chi connectivity index (χ4n) is 1.77. The summed E-state index contributed by atoms with van der Waals surface area (Å²) in [7, 11) is 0. The first kappa shape index (κ1) is 13.8. The van der Waals surface area contributed by atoms with Crippen LogP contribution in [0, 0.1) is 0 Å². The van der Waals surface area contributed by atoms with E-state index in [0.29, 0.717) is 6.54 Å². The second-order valence-corrected chi connectivity index (χ2v) is 4.43. The Morgan fingerprint density at radius 3 is 2.20 bits per heavy atom. The zero-order valence-electron chi connectivity index (χ0n) is 11.3. The third-order valence-electron chi connectivity index (χ3n) is 2.89. The van der Waals surface area contributed by atoms with Gasteiger partial charge >= 0.3 is 0 Å². The van der Waals surface area contributed by atoms with E-state index in [0.717, 1.165) is 16.7 Å². The zero-order chi connectivity index (χ0) is 14.2. The fourth-order valence-corrected chi connectivity index (χ4v) is 1.77. The summed E-state index contributed by atoms with van der Waals surface area (Å²) < 4.78 is 0. The second kappa shape index (κ2) is 7.10. The molecule has 2 heteroatoms. The summed E-state index contributed by atoms with van der Waals surface area (Å²) >= 11 is 0. The molecule has 0 saturated heterocycles. The molecule has 100 valence electrons. The topological polar surface area (TPSA) is 29.1 Å². The van der Waals surface area contributed by atoms with Gasteiger partial charge in [-0.15, -0.1) is 0 Å². The van der Waals surface area contributed by atoms with Crippen molar-refractivity contribution in [3.8, 4) is 0 Å². The van der Waals surface area contributed by atoms with Gasteiger partial charge in [0.15, 0.2) is 0 Å². The number of benzene rings is 2. The molecule has 2 aromatic rings. The molecule has 1 N–H and O–H groups in total. The average molecular weight is 263 g/mol. The van der Waals surface area contributed by atoms with Crippen molar-refractivity contribution in [2.24, 2.45) is 0 Å². The summed E-state index contributed by atoms with van der Waals surface area (Å²) in [5.41, 5.74) is 2.91. The molecule has 0 spiro atoms. The molecule has 2 nitrogen and oxygen atoms in total. The molecule has 20 heavy (non-hydrogen) atoms. The molecule has 0 unspecified atom stereocenters. The van der Waals surface area contributed by atoms with Gasteiger partial charge in [0.1, 0.15) is 0 Å². The molecule has 0 saturated carbocycles. The summed E-state index contributed by atoms with van der Waals surface area (Å²) in [5.74, 6) is -0.120. The molecular weight excluding hydrogens is 246 g/mol. The molecule has 0 aliphatic rings. The Kier molecular flexibility index (Phi) is 4.90. The molecule has 0 aliphatic carbocycles. The Hall–Kier alpha value is -2.61. The van der Waals surface area contributed by atoms with Crippen molar-refractivity contribution < 1.29 is 4.79 Å². The number of hydrogen-bond acceptors (Lipinski definition) is 1. The van der Waals surface area contributed by atoms with Gasteiger partial charge in [-0.2, -0.15) is 0 Å². The van der Waals surface area contributed by atoms with E-state index in [4.69, 9.17) is 0 Å². The van der Waals surface area contributed by atoms with Crippen LogP contribution in [0.1, 0.15) is 11.1 Å². The molecule has 2 aromatic carbocycles. The van der Waals surface area contributed by atoms with E-state index < -0.39 is 0 Å². The van der Waals surface area contributed by atoms with Gasteiger partial charge in [0, 0.05) is 12.6 Å². The van der Waals surface area contributed by atoms with Crippen molar-refractivity contribution in [1.29, 1.82) is 0 Å². The van der Waals surface area contributed by atoms with Crippen molar-refractivity contribution in [1.82, 2.24) is 5.32 Å². The lowest BCUT2D eigenvalue weighted by Gasteiger charge is -2.02. The summed E-state index contributed by atoms with van der Waals surface area (Å²) in [6, 6.07) is 19.6. The first-order valence-electron chi connectivity index (χ1n) is 6.50. The van der Waals surface area contributed by atoms with Crippen LogP contribution in [0.4, 0.5) is 0 Å². The summed E-state index contributed by atoms with van der Waals surface area (Å²) in [6.07, 6.45) is 3.24. The average Bonchev–Trinajstić information content (AvgIpc) is 2.52. The number of hydrogen-bond donors (Lipinski definition) is 1. The molecule has 0 radical (unpaired) electrons. The first-order chi connectivity index (χ1) is 9.75. The van der Waals surface area contributed by atoms with Gasteiger partial charge in [0.2, 0.25) is 5.91 Å². The normalized spacial score (nSPS) is 10.4. The third-order valence-corrected chi connectivity index (χ3v) is 2.89. The molecule has 0 atom stereocenters. The van der Waals surface area contributed by atoms with Crippen LogP contribution < -0.4 is 5.32 Å². The number of nitrogens with one attached hydrogen (secondary N) is 1. The van der Waals surface area contributed by atoms with E-state index in [2.05, 4.69) is 11.9 Å². The van der Waals surface area contributed by atoms with Crippen LogP contribution in [0.25, 0.3) is 5.57 Å². The predicted octanol–water partition coefficient (Wildman–Crippen LogP) is 3.57. The largest absolute Gasteiger partial charge is 0.348 e. The molecule has 0 aromatic heterocycles. The lowest BCUT2D eigenvalue weighted by molar-refractivity contribution is -0.116. The maximum absolute atomic E-state index is 11.7. The van der Waals surface area contributed by atoms with Gasteiger partial charge in [-0.1, -0.05) is 67.2 Å². The minimum absolute atomic E-state index is 0.120. The van der Waals surface area contributed by atoms with Crippen LogP contribution in [0.2, 0.25) is 0 Å². The highest BCUT2D eigenvalue weighted by atomic mass is 16.1. The maximum Gasteiger partial charge on any atom is 0.244 e. The quantitative estimate of drug-likeness (QED) is 0.648. The Bertz CT molecular complexity index is 600. The van der Waals surface area contributed by atoms with Gasteiger partial charge in [0.05, 0.1) is 0 Å². The van der Waals surface area contributed by atoms with E-state index in [1.54, 1.807) is 6.08 Å². The maximum atomic E-state index is 11.7. The van der Waals surface area contributed by atoms with Crippen molar-refractivity contribution in [2.75, 3.05) is 0 Å². The first-order valence-corrected chi connectivity index (χ1v) is 6.50. The summed E-state index contributed by atoms with van der Waals surface area (Å²) in [6.45, 7) is 4.48. The van der Waals surface area contributed by atoms with Crippen LogP contribution in [-0.2, 0) is 11.3 Å². The number of carbonyl (C=O) groups is 1. The molecule has 1 amide bonds. The Morgan fingerprint density at radius 2 is 1.55 bits per heavy atom. The number of amides is 1. The lowest BCUT2D eigenvalue weighted by Crippen LogP contribution is -2.20. The van der Waals surface area contributed by atoms with Gasteiger partial charge in [-0.3, -0.25) is 4.79 Å². The highest BCUT2D eigenvalue weighted by Gasteiger charge is 1.97. The molecule has 0 heterocycles. The SMILES string of the molecule is C=C(/C=C/C(=O)NCc1ccccc1)c1ccccc1. The Labute approximate surface area is 119 Å². The third kappa shape index (κ3) is 4.25. The van der Waals surface area contributed by atoms with Crippen LogP contribution in [0.3, 0.4) is 0 Å². The van der Waals surface area contributed by atoms with Gasteiger partial charge in [0.25, 0.3) is 0 Å². The van der Waals surface area contributed by atoms with Gasteiger partial charge in [-0.25, -0.2) is 0 Å². The van der Waals surface area contributed by atoms with Crippen LogP contribution in [0.5, 0.6) is 0 Å². The van der Waals surface area contributed by atoms with E-state index in [-0.39, 0.29) is 5.91 Å². The number of carbonyl (C=O) groups excluding carboxylic acids is 1. The highest BCUT2D eigenvalue weighted by Crippen LogP contribution is 2.12. The van der Waals surface area contributed by atoms with E-state index >= 15 is 0 Å². The molecule has 0 aliphatic heterocycles. The number of rotatable bonds is 5. The van der Waals surface area contributed by atoms with Crippen molar-refractivity contribution in [2.45, 2.75) is 6.54 Å². The summed E-state index contributed by atoms with van der Waals surface area (Å²) in [4.78, 5) is 11.7. The van der Waals surface area contributed by atoms with Gasteiger partial charge < -0.3 is 5.32 Å². The van der Waals surface area contributed by atoms with Crippen LogP contribution in [-0.4, -0.2) is 5.91 Å². The van der Waals surface area contributed by atoms with Crippen molar-refractivity contribution in [3.63, 3.8) is 0 Å². The fraction of sp³-hybridized carbons (Fsp3) is 0.0556. The minimum Gasteiger partial charge on any atom is -0.348 e. The van der Waals surface area contributed by atoms with Crippen LogP contribution >= 0.6 is 0 Å². The predicted molar refractivity (Wildman–Crippen MR) is 82.9 cm³/mol. The zero-order valence-corrected chi connectivity index (χ0v) is 11.3. The Morgan fingerprint density at radius 1 is 0.950 bits per heavy atom. The van der Waals surface area contributed by atoms with E-state index in [9.17, 15) is 4.79 Å². The van der Waals surface area contributed by atoms with Crippen LogP contribution in [0.15, 0.2) is 79.4 Å². The van der Waals surface area contributed by atoms with Gasteiger partial charge in [-0.05, 0) is 22.8 Å². The molecule has 2 rings (SSSR count). The van der Waals surface area contributed by atoms with E-state index in [1.807, 2.05) is 60.7 Å². The molecule has 0 fully saturated rings. The lowest BCUT2D eigenvalue weighted by atomic mass is 10.1. The minimum atomic E-state index is -0.120.